The maximum atomic E-state index is 12.4. The molecule has 0 aromatic heterocycles. The number of fused-ring (bicyclic) bond motifs is 1. The number of para-hydroxylation sites is 1. The number of aliphatic hydroxyl groups is 1. The Morgan fingerprint density at radius 2 is 1.96 bits per heavy atom. The van der Waals surface area contributed by atoms with Crippen LogP contribution in [0, 0.1) is 0 Å². The first kappa shape index (κ1) is 15.6. The summed E-state index contributed by atoms with van der Waals surface area (Å²) in [4.78, 5) is 23.4. The fourth-order valence-electron chi connectivity index (χ4n) is 2.30. The molecule has 0 bridgehead atoms. The van der Waals surface area contributed by atoms with E-state index in [-0.39, 0.29) is 16.9 Å². The summed E-state index contributed by atoms with van der Waals surface area (Å²) >= 11 is 0. The molecule has 3 rings (SSSR count). The number of ether oxygens (including phenoxy) is 1. The highest BCUT2D eigenvalue weighted by atomic mass is 16.6. The molecule has 1 aliphatic rings. The largest absolute Gasteiger partial charge is 0.507 e. The summed E-state index contributed by atoms with van der Waals surface area (Å²) in [5.41, 5.74) is 0.360. The van der Waals surface area contributed by atoms with Crippen LogP contribution in [0.25, 0.3) is 0 Å². The lowest BCUT2D eigenvalue weighted by atomic mass is 10.00. The summed E-state index contributed by atoms with van der Waals surface area (Å²) in [6, 6.07) is 10.4. The predicted molar refractivity (Wildman–Crippen MR) is 84.2 cm³/mol. The van der Waals surface area contributed by atoms with Crippen molar-refractivity contribution in [2.24, 2.45) is 0 Å². The van der Waals surface area contributed by atoms with Crippen LogP contribution in [-0.4, -0.2) is 33.4 Å². The molecule has 1 atom stereocenters. The third kappa shape index (κ3) is 2.80. The van der Waals surface area contributed by atoms with Gasteiger partial charge in [0.1, 0.15) is 17.1 Å². The van der Waals surface area contributed by atoms with Gasteiger partial charge >= 0.3 is 5.97 Å². The van der Waals surface area contributed by atoms with Gasteiger partial charge in [-0.2, -0.15) is 0 Å². The highest BCUT2D eigenvalue weighted by Crippen LogP contribution is 2.29. The van der Waals surface area contributed by atoms with Crippen LogP contribution < -0.4 is 10.1 Å². The number of Topliss-reactive ketones (excluding diaryl/α,β-unsaturated/α-hetero) is 1. The SMILES string of the molecule is O=C(O)c1cc(N/C=C2\C(=O)c3ccccc3OC2O)ccc1O. The molecule has 0 radical (unpaired) electrons. The molecule has 4 N–H and O–H groups in total. The van der Waals surface area contributed by atoms with Gasteiger partial charge in [0.15, 0.2) is 5.78 Å². The summed E-state index contributed by atoms with van der Waals surface area (Å²) < 4.78 is 5.28. The van der Waals surface area contributed by atoms with Crippen LogP contribution >= 0.6 is 0 Å². The van der Waals surface area contributed by atoms with E-state index < -0.39 is 18.0 Å². The monoisotopic (exact) mass is 327 g/mol. The molecule has 0 saturated carbocycles. The number of aliphatic hydroxyl groups excluding tert-OH is 1. The number of rotatable bonds is 3. The molecule has 2 aromatic rings. The summed E-state index contributed by atoms with van der Waals surface area (Å²) in [5.74, 6) is -1.75. The second-order valence-corrected chi connectivity index (χ2v) is 5.08. The summed E-state index contributed by atoms with van der Waals surface area (Å²) in [7, 11) is 0. The van der Waals surface area contributed by atoms with E-state index in [0.717, 1.165) is 0 Å². The van der Waals surface area contributed by atoms with Gasteiger partial charge in [-0.15, -0.1) is 0 Å². The van der Waals surface area contributed by atoms with Crippen molar-refractivity contribution in [1.29, 1.82) is 0 Å². The first-order chi connectivity index (χ1) is 11.5. The Morgan fingerprint density at radius 1 is 1.21 bits per heavy atom. The Bertz CT molecular complexity index is 858. The second kappa shape index (κ2) is 6.05. The smallest absolute Gasteiger partial charge is 0.339 e. The summed E-state index contributed by atoms with van der Waals surface area (Å²) in [6.45, 7) is 0. The Hall–Kier alpha value is -3.32. The van der Waals surface area contributed by atoms with Crippen LogP contribution in [0.5, 0.6) is 11.5 Å². The van der Waals surface area contributed by atoms with Crippen LogP contribution in [-0.2, 0) is 0 Å². The van der Waals surface area contributed by atoms with Gasteiger partial charge < -0.3 is 25.4 Å². The van der Waals surface area contributed by atoms with Crippen molar-refractivity contribution < 1.29 is 29.6 Å². The molecule has 1 aliphatic heterocycles. The van der Waals surface area contributed by atoms with Crippen LogP contribution in [0.1, 0.15) is 20.7 Å². The first-order valence-electron chi connectivity index (χ1n) is 6.98. The minimum Gasteiger partial charge on any atom is -0.507 e. The normalized spacial score (nSPS) is 18.0. The highest BCUT2D eigenvalue weighted by Gasteiger charge is 2.30. The quantitative estimate of drug-likeness (QED) is 0.503. The van der Waals surface area contributed by atoms with Crippen molar-refractivity contribution in [3.05, 3.63) is 65.4 Å². The zero-order chi connectivity index (χ0) is 17.3. The van der Waals surface area contributed by atoms with Crippen LogP contribution in [0.15, 0.2) is 54.2 Å². The van der Waals surface area contributed by atoms with Gasteiger partial charge in [-0.1, -0.05) is 12.1 Å². The van der Waals surface area contributed by atoms with Crippen LogP contribution in [0.3, 0.4) is 0 Å². The van der Waals surface area contributed by atoms with Gasteiger partial charge in [0.2, 0.25) is 6.29 Å². The maximum Gasteiger partial charge on any atom is 0.339 e. The zero-order valence-electron chi connectivity index (χ0n) is 12.3. The molecule has 0 saturated heterocycles. The number of ketones is 1. The van der Waals surface area contributed by atoms with Gasteiger partial charge in [0.05, 0.1) is 11.1 Å². The topological polar surface area (TPSA) is 116 Å². The third-order valence-electron chi connectivity index (χ3n) is 3.52. The van der Waals surface area contributed by atoms with E-state index in [1.54, 1.807) is 24.3 Å². The molecule has 0 amide bonds. The van der Waals surface area contributed by atoms with Gasteiger partial charge in [-0.3, -0.25) is 4.79 Å². The number of hydrogen-bond donors (Lipinski definition) is 4. The van der Waals surface area contributed by atoms with Crippen LogP contribution in [0.2, 0.25) is 0 Å². The van der Waals surface area contributed by atoms with E-state index >= 15 is 0 Å². The average Bonchev–Trinajstić information content (AvgIpc) is 2.55. The number of benzene rings is 2. The van der Waals surface area contributed by atoms with E-state index in [9.17, 15) is 19.8 Å². The zero-order valence-corrected chi connectivity index (χ0v) is 12.3. The molecule has 7 heteroatoms. The van der Waals surface area contributed by atoms with Gasteiger partial charge in [0, 0.05) is 11.9 Å². The molecule has 7 nitrogen and oxygen atoms in total. The Morgan fingerprint density at radius 3 is 2.71 bits per heavy atom. The molecule has 0 fully saturated rings. The van der Waals surface area contributed by atoms with E-state index in [0.29, 0.717) is 17.0 Å². The number of aromatic carboxylic acids is 1. The second-order valence-electron chi connectivity index (χ2n) is 5.08. The molecule has 1 unspecified atom stereocenters. The lowest BCUT2D eigenvalue weighted by molar-refractivity contribution is 0.00783. The van der Waals surface area contributed by atoms with Gasteiger partial charge in [0.25, 0.3) is 0 Å². The third-order valence-corrected chi connectivity index (χ3v) is 3.52. The number of anilines is 1. The van der Waals surface area contributed by atoms with E-state index in [2.05, 4.69) is 5.32 Å². The van der Waals surface area contributed by atoms with Crippen molar-refractivity contribution in [2.75, 3.05) is 5.32 Å². The Kier molecular flexibility index (Phi) is 3.93. The van der Waals surface area contributed by atoms with Crippen molar-refractivity contribution in [2.45, 2.75) is 6.29 Å². The molecular weight excluding hydrogens is 314 g/mol. The number of carboxylic acids is 1. The number of aromatic hydroxyl groups is 1. The van der Waals surface area contributed by atoms with Crippen molar-refractivity contribution in [1.82, 2.24) is 0 Å². The average molecular weight is 327 g/mol. The number of carboxylic acid groups (broad SMARTS) is 1. The fourth-order valence-corrected chi connectivity index (χ4v) is 2.30. The number of carbonyl (C=O) groups is 2. The number of carbonyl (C=O) groups excluding carboxylic acids is 1. The first-order valence-corrected chi connectivity index (χ1v) is 6.98. The van der Waals surface area contributed by atoms with E-state index in [1.165, 1.54) is 24.4 Å². The molecular formula is C17H13NO6. The molecule has 0 spiro atoms. The molecule has 1 heterocycles. The molecule has 0 aliphatic carbocycles. The Labute approximate surface area is 136 Å². The minimum absolute atomic E-state index is 0.0151. The minimum atomic E-state index is -1.43. The Balaban J connectivity index is 1.89. The van der Waals surface area contributed by atoms with E-state index in [1.807, 2.05) is 0 Å². The fraction of sp³-hybridized carbons (Fsp3) is 0.0588. The standard InChI is InChI=1S/C17H13NO6/c19-13-6-5-9(7-11(13)16(21)22)18-8-12-15(20)10-3-1-2-4-14(10)24-17(12)23/h1-8,17-19,23H,(H,21,22)/b12-8+. The summed E-state index contributed by atoms with van der Waals surface area (Å²) in [5, 5.41) is 31.2. The maximum absolute atomic E-state index is 12.4. The lowest BCUT2D eigenvalue weighted by Crippen LogP contribution is -2.30. The number of nitrogens with one attached hydrogen (secondary N) is 1. The van der Waals surface area contributed by atoms with Crippen molar-refractivity contribution in [3.63, 3.8) is 0 Å². The molecule has 24 heavy (non-hydrogen) atoms. The number of hydrogen-bond acceptors (Lipinski definition) is 6. The van der Waals surface area contributed by atoms with Crippen molar-refractivity contribution >= 4 is 17.4 Å². The lowest BCUT2D eigenvalue weighted by Gasteiger charge is -2.23. The van der Waals surface area contributed by atoms with Crippen molar-refractivity contribution in [3.8, 4) is 11.5 Å². The van der Waals surface area contributed by atoms with E-state index in [4.69, 9.17) is 9.84 Å². The number of phenols is 1. The molecule has 2 aromatic carbocycles. The highest BCUT2D eigenvalue weighted by molar-refractivity contribution is 6.12. The summed E-state index contributed by atoms with van der Waals surface area (Å²) in [6.07, 6.45) is -0.183. The predicted octanol–water partition coefficient (Wildman–Crippen LogP) is 1.98. The van der Waals surface area contributed by atoms with Crippen LogP contribution in [0.4, 0.5) is 5.69 Å². The van der Waals surface area contributed by atoms with Gasteiger partial charge in [-0.05, 0) is 30.3 Å². The molecule has 122 valence electrons. The van der Waals surface area contributed by atoms with Gasteiger partial charge in [-0.25, -0.2) is 4.79 Å².